The van der Waals surface area contributed by atoms with Crippen molar-refractivity contribution in [3.05, 3.63) is 81.8 Å². The summed E-state index contributed by atoms with van der Waals surface area (Å²) in [6.45, 7) is 4.62. The van der Waals surface area contributed by atoms with Gasteiger partial charge in [-0.05, 0) is 67.3 Å². The molecule has 1 aliphatic rings. The van der Waals surface area contributed by atoms with Crippen molar-refractivity contribution in [1.29, 1.82) is 0 Å². The van der Waals surface area contributed by atoms with Gasteiger partial charge in [0.15, 0.2) is 11.5 Å². The zero-order valence-corrected chi connectivity index (χ0v) is 19.3. The smallest absolute Gasteiger partial charge is 0.254 e. The molecule has 2 amide bonds. The molecule has 8 heteroatoms. The average Bonchev–Trinajstić information content (AvgIpc) is 3.48. The first-order chi connectivity index (χ1) is 15.9. The molecule has 1 aromatic heterocycles. The number of amides is 2. The second-order valence-electron chi connectivity index (χ2n) is 8.05. The highest BCUT2D eigenvalue weighted by Gasteiger charge is 2.25. The number of ether oxygens (including phenoxy) is 2. The fourth-order valence-electron chi connectivity index (χ4n) is 3.58. The molecule has 0 radical (unpaired) electrons. The van der Waals surface area contributed by atoms with E-state index in [4.69, 9.17) is 9.47 Å². The minimum absolute atomic E-state index is 0.0796. The number of benzene rings is 2. The third kappa shape index (κ3) is 5.51. The van der Waals surface area contributed by atoms with E-state index in [-0.39, 0.29) is 31.2 Å². The van der Waals surface area contributed by atoms with Crippen molar-refractivity contribution in [1.82, 2.24) is 9.80 Å². The molecule has 4 rings (SSSR count). The van der Waals surface area contributed by atoms with Crippen LogP contribution in [0.4, 0.5) is 4.39 Å². The molecule has 0 aliphatic carbocycles. The van der Waals surface area contributed by atoms with Gasteiger partial charge in [-0.15, -0.1) is 11.3 Å². The number of nitrogens with zero attached hydrogens (tertiary/aromatic N) is 2. The van der Waals surface area contributed by atoms with Gasteiger partial charge in [0.05, 0.1) is 6.54 Å². The fraction of sp³-hybridized carbons (Fsp3) is 0.280. The van der Waals surface area contributed by atoms with Gasteiger partial charge < -0.3 is 19.3 Å². The molecule has 1 aliphatic heterocycles. The van der Waals surface area contributed by atoms with Crippen LogP contribution in [-0.2, 0) is 17.9 Å². The Balaban J connectivity index is 1.54. The summed E-state index contributed by atoms with van der Waals surface area (Å²) in [6, 6.07) is 14.7. The molecule has 33 heavy (non-hydrogen) atoms. The Morgan fingerprint density at radius 2 is 1.79 bits per heavy atom. The normalized spacial score (nSPS) is 12.1. The number of carbonyl (C=O) groups is 2. The van der Waals surface area contributed by atoms with Crippen molar-refractivity contribution < 1.29 is 23.5 Å². The lowest BCUT2D eigenvalue weighted by Gasteiger charge is -2.30. The Bertz CT molecular complexity index is 1120. The summed E-state index contributed by atoms with van der Waals surface area (Å²) in [6.07, 6.45) is 0. The molecule has 3 aromatic rings. The summed E-state index contributed by atoms with van der Waals surface area (Å²) in [5.74, 6) is 0.449. The van der Waals surface area contributed by atoms with Gasteiger partial charge in [0.2, 0.25) is 12.7 Å². The summed E-state index contributed by atoms with van der Waals surface area (Å²) in [7, 11) is 0. The summed E-state index contributed by atoms with van der Waals surface area (Å²) in [5, 5.41) is 1.97. The van der Waals surface area contributed by atoms with E-state index in [1.807, 2.05) is 49.6 Å². The second-order valence-corrected chi connectivity index (χ2v) is 9.08. The van der Waals surface area contributed by atoms with Crippen molar-refractivity contribution >= 4 is 23.2 Å². The molecule has 0 spiro atoms. The molecule has 0 saturated heterocycles. The van der Waals surface area contributed by atoms with E-state index in [1.54, 1.807) is 16.2 Å². The maximum Gasteiger partial charge on any atom is 0.254 e. The van der Waals surface area contributed by atoms with Gasteiger partial charge in [0, 0.05) is 23.0 Å². The van der Waals surface area contributed by atoms with Gasteiger partial charge in [-0.1, -0.05) is 12.1 Å². The first-order valence-electron chi connectivity index (χ1n) is 10.7. The van der Waals surface area contributed by atoms with Gasteiger partial charge in [-0.3, -0.25) is 9.59 Å². The third-order valence-corrected chi connectivity index (χ3v) is 6.23. The summed E-state index contributed by atoms with van der Waals surface area (Å²) >= 11 is 1.57. The van der Waals surface area contributed by atoms with Gasteiger partial charge in [-0.2, -0.15) is 0 Å². The van der Waals surface area contributed by atoms with Crippen molar-refractivity contribution in [3.63, 3.8) is 0 Å². The number of fused-ring (bicyclic) bond motifs is 1. The van der Waals surface area contributed by atoms with E-state index in [0.717, 1.165) is 10.4 Å². The van der Waals surface area contributed by atoms with Crippen molar-refractivity contribution in [3.8, 4) is 11.5 Å². The molecule has 0 atom stereocenters. The van der Waals surface area contributed by atoms with Crippen LogP contribution in [0.2, 0.25) is 0 Å². The monoisotopic (exact) mass is 468 g/mol. The molecule has 2 aromatic carbocycles. The van der Waals surface area contributed by atoms with Gasteiger partial charge in [0.1, 0.15) is 12.4 Å². The quantitative estimate of drug-likeness (QED) is 0.481. The summed E-state index contributed by atoms with van der Waals surface area (Å²) in [5.41, 5.74) is 1.25. The Morgan fingerprint density at radius 3 is 2.48 bits per heavy atom. The lowest BCUT2D eigenvalue weighted by atomic mass is 10.1. The highest BCUT2D eigenvalue weighted by atomic mass is 32.1. The average molecular weight is 469 g/mol. The van der Waals surface area contributed by atoms with Gasteiger partial charge in [0.25, 0.3) is 5.91 Å². The van der Waals surface area contributed by atoms with Crippen LogP contribution >= 0.6 is 11.3 Å². The molecule has 0 fully saturated rings. The number of carbonyl (C=O) groups excluding carboxylic acids is 2. The highest BCUT2D eigenvalue weighted by Crippen LogP contribution is 2.33. The van der Waals surface area contributed by atoms with E-state index in [9.17, 15) is 14.0 Å². The maximum atomic E-state index is 13.4. The Labute approximate surface area is 196 Å². The Hall–Kier alpha value is -3.39. The van der Waals surface area contributed by atoms with Gasteiger partial charge >= 0.3 is 0 Å². The number of hydrogen-bond donors (Lipinski definition) is 0. The van der Waals surface area contributed by atoms with Crippen LogP contribution in [0.5, 0.6) is 11.5 Å². The second kappa shape index (κ2) is 10.0. The van der Waals surface area contributed by atoms with Gasteiger partial charge in [-0.25, -0.2) is 4.39 Å². The topological polar surface area (TPSA) is 59.1 Å². The Kier molecular flexibility index (Phi) is 6.93. The van der Waals surface area contributed by atoms with Crippen LogP contribution in [0.15, 0.2) is 60.0 Å². The molecule has 172 valence electrons. The molecular formula is C25H25FN2O4S. The van der Waals surface area contributed by atoms with Crippen LogP contribution < -0.4 is 9.47 Å². The zero-order chi connectivity index (χ0) is 23.4. The van der Waals surface area contributed by atoms with Crippen LogP contribution in [0.3, 0.4) is 0 Å². The SMILES string of the molecule is CC(C)N(CC(=O)N(Cc1ccc2c(c1)OCO2)Cc1cccs1)C(=O)c1ccc(F)cc1. The zero-order valence-electron chi connectivity index (χ0n) is 18.5. The molecule has 0 saturated carbocycles. The lowest BCUT2D eigenvalue weighted by Crippen LogP contribution is -2.45. The van der Waals surface area contributed by atoms with Crippen LogP contribution in [-0.4, -0.2) is 41.0 Å². The molecule has 0 N–H and O–H groups in total. The number of hydrogen-bond acceptors (Lipinski definition) is 5. The molecule has 2 heterocycles. The minimum Gasteiger partial charge on any atom is -0.454 e. The number of rotatable bonds is 8. The first-order valence-corrected chi connectivity index (χ1v) is 11.5. The highest BCUT2D eigenvalue weighted by molar-refractivity contribution is 7.09. The standard InChI is InChI=1S/C25H25FN2O4S/c1-17(2)28(25(30)19-6-8-20(26)9-7-19)15-24(29)27(14-21-4-3-11-33-21)13-18-5-10-22-23(12-18)32-16-31-22/h3-12,17H,13-16H2,1-2H3. The molecule has 0 bridgehead atoms. The number of halogens is 1. The van der Waals surface area contributed by atoms with Crippen LogP contribution in [0.25, 0.3) is 0 Å². The first kappa shape index (κ1) is 22.8. The van der Waals surface area contributed by atoms with E-state index in [0.29, 0.717) is 30.2 Å². The van der Waals surface area contributed by atoms with Crippen molar-refractivity contribution in [2.24, 2.45) is 0 Å². The van der Waals surface area contributed by atoms with E-state index >= 15 is 0 Å². The molecule has 0 unspecified atom stereocenters. The van der Waals surface area contributed by atoms with Crippen LogP contribution in [0, 0.1) is 5.82 Å². The minimum atomic E-state index is -0.412. The predicted molar refractivity (Wildman–Crippen MR) is 124 cm³/mol. The number of thiophene rings is 1. The van der Waals surface area contributed by atoms with E-state index < -0.39 is 5.82 Å². The maximum absolute atomic E-state index is 13.4. The van der Waals surface area contributed by atoms with E-state index in [2.05, 4.69) is 0 Å². The molecular weight excluding hydrogens is 443 g/mol. The van der Waals surface area contributed by atoms with E-state index in [1.165, 1.54) is 29.2 Å². The summed E-state index contributed by atoms with van der Waals surface area (Å²) < 4.78 is 24.1. The Morgan fingerprint density at radius 1 is 1.03 bits per heavy atom. The van der Waals surface area contributed by atoms with Crippen molar-refractivity contribution in [2.45, 2.75) is 33.0 Å². The third-order valence-electron chi connectivity index (χ3n) is 5.37. The predicted octanol–water partition coefficient (Wildman–Crippen LogP) is 4.70. The lowest BCUT2D eigenvalue weighted by molar-refractivity contribution is -0.133. The van der Waals surface area contributed by atoms with Crippen molar-refractivity contribution in [2.75, 3.05) is 13.3 Å². The fourth-order valence-corrected chi connectivity index (χ4v) is 4.29. The molecule has 6 nitrogen and oxygen atoms in total. The van der Waals surface area contributed by atoms with Crippen LogP contribution in [0.1, 0.15) is 34.6 Å². The largest absolute Gasteiger partial charge is 0.454 e. The summed E-state index contributed by atoms with van der Waals surface area (Å²) in [4.78, 5) is 30.8.